The Kier molecular flexibility index (Phi) is 11.9. The smallest absolute Gasteiger partial charge is 0.416 e. The Hall–Kier alpha value is -5.21. The molecule has 15 heteroatoms. The molecule has 0 aliphatic rings. The van der Waals surface area contributed by atoms with Gasteiger partial charge in [0, 0.05) is 18.7 Å². The van der Waals surface area contributed by atoms with Crippen LogP contribution >= 0.6 is 0 Å². The lowest BCUT2D eigenvalue weighted by Gasteiger charge is -2.27. The summed E-state index contributed by atoms with van der Waals surface area (Å²) in [5, 5.41) is 9.23. The zero-order valence-electron chi connectivity index (χ0n) is 29.6. The first-order valence-electron chi connectivity index (χ1n) is 15.9. The molecule has 52 heavy (non-hydrogen) atoms. The van der Waals surface area contributed by atoms with Crippen molar-refractivity contribution >= 4 is 11.9 Å². The summed E-state index contributed by atoms with van der Waals surface area (Å²) in [7, 11) is 4.38. The Morgan fingerprint density at radius 2 is 1.33 bits per heavy atom. The average molecular weight is 736 g/mol. The summed E-state index contributed by atoms with van der Waals surface area (Å²) >= 11 is 0. The third kappa shape index (κ3) is 9.76. The Labute approximate surface area is 297 Å². The molecule has 1 heterocycles. The molecule has 1 N–H and O–H groups in total. The van der Waals surface area contributed by atoms with Crippen molar-refractivity contribution in [3.05, 3.63) is 88.7 Å². The summed E-state index contributed by atoms with van der Waals surface area (Å²) in [5.41, 5.74) is -1.68. The van der Waals surface area contributed by atoms with Crippen molar-refractivity contribution in [2.75, 3.05) is 26.2 Å². The SMILES string of the molecule is COc1cc(CN(Cc2cc(C(F)(F)F)cc(C(F)(F)F)c2)c2ncc(OC(C)(C)CC(=O)O)cn2)c(-c2cc(C(C)C)ccc2OC)cc1OC. The van der Waals surface area contributed by atoms with E-state index in [0.29, 0.717) is 46.1 Å². The standard InChI is InChI=1S/C37H39F6N3O6/c1-21(2)23-8-9-30(49-5)29(12-23)28-15-32(51-7)31(50-6)13-24(28)20-46(34-44-17-27(18-45-34)52-35(3,4)16-33(47)48)19-22-10-25(36(38,39)40)14-26(11-22)37(41,42)43/h8-15,17-18,21H,16,19-20H2,1-7H3,(H,47,48). The van der Waals surface area contributed by atoms with Gasteiger partial charge in [-0.2, -0.15) is 26.3 Å². The maximum atomic E-state index is 13.9. The Morgan fingerprint density at radius 3 is 1.83 bits per heavy atom. The number of rotatable bonds is 14. The van der Waals surface area contributed by atoms with Gasteiger partial charge in [-0.1, -0.05) is 19.9 Å². The number of carbonyl (C=O) groups is 1. The van der Waals surface area contributed by atoms with E-state index in [1.165, 1.54) is 38.6 Å². The summed E-state index contributed by atoms with van der Waals surface area (Å²) in [6, 6.07) is 10.4. The highest BCUT2D eigenvalue weighted by Crippen LogP contribution is 2.42. The molecule has 0 atom stereocenters. The minimum Gasteiger partial charge on any atom is -0.496 e. The molecule has 0 radical (unpaired) electrons. The number of methoxy groups -OCH3 is 3. The number of alkyl halides is 6. The van der Waals surface area contributed by atoms with Gasteiger partial charge in [0.2, 0.25) is 5.95 Å². The predicted molar refractivity (Wildman–Crippen MR) is 181 cm³/mol. The number of carboxylic acid groups (broad SMARTS) is 1. The van der Waals surface area contributed by atoms with Crippen LogP contribution in [0.15, 0.2) is 60.9 Å². The van der Waals surface area contributed by atoms with Crippen LogP contribution in [0.1, 0.15) is 67.9 Å². The average Bonchev–Trinajstić information content (AvgIpc) is 3.06. The largest absolute Gasteiger partial charge is 0.496 e. The van der Waals surface area contributed by atoms with E-state index in [2.05, 4.69) is 9.97 Å². The lowest BCUT2D eigenvalue weighted by atomic mass is 9.93. The Balaban J connectivity index is 1.92. The van der Waals surface area contributed by atoms with Gasteiger partial charge in [-0.25, -0.2) is 9.97 Å². The van der Waals surface area contributed by atoms with Gasteiger partial charge in [-0.3, -0.25) is 4.79 Å². The highest BCUT2D eigenvalue weighted by Gasteiger charge is 2.37. The number of nitrogens with zero attached hydrogens (tertiary/aromatic N) is 3. The predicted octanol–water partition coefficient (Wildman–Crippen LogP) is 9.17. The normalized spacial score (nSPS) is 12.1. The van der Waals surface area contributed by atoms with Crippen molar-refractivity contribution in [2.45, 2.75) is 71.1 Å². The van der Waals surface area contributed by atoms with Gasteiger partial charge in [-0.05, 0) is 84.5 Å². The van der Waals surface area contributed by atoms with Crippen LogP contribution in [0, 0.1) is 0 Å². The minimum absolute atomic E-state index is 0.0653. The van der Waals surface area contributed by atoms with Crippen molar-refractivity contribution < 1.29 is 55.2 Å². The zero-order valence-corrected chi connectivity index (χ0v) is 29.6. The monoisotopic (exact) mass is 735 g/mol. The molecule has 0 unspecified atom stereocenters. The van der Waals surface area contributed by atoms with Gasteiger partial charge in [0.05, 0.1) is 51.3 Å². The number of carboxylic acids is 1. The molecular weight excluding hydrogens is 696 g/mol. The molecule has 3 aromatic carbocycles. The maximum Gasteiger partial charge on any atom is 0.416 e. The summed E-state index contributed by atoms with van der Waals surface area (Å²) in [5.74, 6) is 0.216. The van der Waals surface area contributed by atoms with E-state index in [0.717, 1.165) is 5.56 Å². The highest BCUT2D eigenvalue weighted by molar-refractivity contribution is 5.77. The van der Waals surface area contributed by atoms with E-state index >= 15 is 0 Å². The molecule has 0 aliphatic heterocycles. The van der Waals surface area contributed by atoms with Crippen LogP contribution in [-0.4, -0.2) is 48.0 Å². The first kappa shape index (κ1) is 39.6. The van der Waals surface area contributed by atoms with Gasteiger partial charge < -0.3 is 29.0 Å². The van der Waals surface area contributed by atoms with E-state index in [-0.39, 0.29) is 42.2 Å². The molecular formula is C37H39F6N3O6. The third-order valence-electron chi connectivity index (χ3n) is 8.04. The Bertz CT molecular complexity index is 1850. The molecule has 280 valence electrons. The quantitative estimate of drug-likeness (QED) is 0.127. The molecule has 0 fully saturated rings. The molecule has 0 amide bonds. The molecule has 0 spiro atoms. The second-order valence-corrected chi connectivity index (χ2v) is 12.9. The fourth-order valence-corrected chi connectivity index (χ4v) is 5.58. The molecule has 0 aliphatic carbocycles. The van der Waals surface area contributed by atoms with Crippen LogP contribution in [0.25, 0.3) is 11.1 Å². The van der Waals surface area contributed by atoms with Crippen LogP contribution in [0.4, 0.5) is 32.3 Å². The first-order valence-corrected chi connectivity index (χ1v) is 15.9. The van der Waals surface area contributed by atoms with Crippen molar-refractivity contribution in [1.82, 2.24) is 9.97 Å². The van der Waals surface area contributed by atoms with Crippen molar-refractivity contribution in [1.29, 1.82) is 0 Å². The van der Waals surface area contributed by atoms with E-state index < -0.39 is 41.6 Å². The number of aliphatic carboxylic acids is 1. The lowest BCUT2D eigenvalue weighted by Crippen LogP contribution is -2.31. The lowest BCUT2D eigenvalue weighted by molar-refractivity contribution is -0.143. The summed E-state index contributed by atoms with van der Waals surface area (Å²) in [6.07, 6.45) is -7.98. The number of hydrogen-bond donors (Lipinski definition) is 1. The second kappa shape index (κ2) is 15.6. The summed E-state index contributed by atoms with van der Waals surface area (Å²) in [4.78, 5) is 21.4. The van der Waals surface area contributed by atoms with Gasteiger partial charge >= 0.3 is 18.3 Å². The summed E-state index contributed by atoms with van der Waals surface area (Å²) in [6.45, 7) is 6.49. The van der Waals surface area contributed by atoms with E-state index in [9.17, 15) is 36.2 Å². The van der Waals surface area contributed by atoms with Crippen LogP contribution in [-0.2, 0) is 30.2 Å². The summed E-state index contributed by atoms with van der Waals surface area (Å²) < 4.78 is 106. The number of halogens is 6. The topological polar surface area (TPSA) is 103 Å². The Morgan fingerprint density at radius 1 is 0.769 bits per heavy atom. The van der Waals surface area contributed by atoms with E-state index in [1.54, 1.807) is 32.0 Å². The van der Waals surface area contributed by atoms with Gasteiger partial charge in [0.15, 0.2) is 17.2 Å². The minimum atomic E-state index is -5.06. The van der Waals surface area contributed by atoms with Gasteiger partial charge in [0.25, 0.3) is 0 Å². The fraction of sp³-hybridized carbons (Fsp3) is 0.378. The van der Waals surface area contributed by atoms with Crippen molar-refractivity contribution in [3.63, 3.8) is 0 Å². The molecule has 0 saturated heterocycles. The van der Waals surface area contributed by atoms with Gasteiger partial charge in [0.1, 0.15) is 11.4 Å². The third-order valence-corrected chi connectivity index (χ3v) is 8.04. The number of ether oxygens (including phenoxy) is 4. The van der Waals surface area contributed by atoms with Crippen LogP contribution < -0.4 is 23.8 Å². The molecule has 9 nitrogen and oxygen atoms in total. The molecule has 4 rings (SSSR count). The number of hydrogen-bond acceptors (Lipinski definition) is 8. The number of benzene rings is 3. The fourth-order valence-electron chi connectivity index (χ4n) is 5.58. The van der Waals surface area contributed by atoms with Gasteiger partial charge in [-0.15, -0.1) is 0 Å². The molecule has 1 aromatic heterocycles. The zero-order chi connectivity index (χ0) is 38.6. The van der Waals surface area contributed by atoms with E-state index in [4.69, 9.17) is 18.9 Å². The van der Waals surface area contributed by atoms with E-state index in [1.807, 2.05) is 26.0 Å². The van der Waals surface area contributed by atoms with Crippen LogP contribution in [0.2, 0.25) is 0 Å². The highest BCUT2D eigenvalue weighted by atomic mass is 19.4. The van der Waals surface area contributed by atoms with Crippen molar-refractivity contribution in [3.8, 4) is 34.1 Å². The molecule has 0 saturated carbocycles. The van der Waals surface area contributed by atoms with Crippen molar-refractivity contribution in [2.24, 2.45) is 0 Å². The van der Waals surface area contributed by atoms with Crippen LogP contribution in [0.5, 0.6) is 23.0 Å². The van der Waals surface area contributed by atoms with Crippen LogP contribution in [0.3, 0.4) is 0 Å². The number of anilines is 1. The maximum absolute atomic E-state index is 13.9. The molecule has 0 bridgehead atoms. The molecule has 4 aromatic rings. The second-order valence-electron chi connectivity index (χ2n) is 12.9. The first-order chi connectivity index (χ1) is 24.2. The number of aromatic nitrogens is 2.